The second-order valence-electron chi connectivity index (χ2n) is 5.07. The van der Waals surface area contributed by atoms with Crippen molar-refractivity contribution < 1.29 is 14.7 Å². The Morgan fingerprint density at radius 2 is 1.26 bits per heavy atom. The zero-order valence-corrected chi connectivity index (χ0v) is 12.2. The molecule has 0 rings (SSSR count). The summed E-state index contributed by atoms with van der Waals surface area (Å²) in [5, 5.41) is 8.37. The number of rotatable bonds is 13. The van der Waals surface area contributed by atoms with Crippen molar-refractivity contribution in [2.24, 2.45) is 0 Å². The molecular formula is C16H28O3. The van der Waals surface area contributed by atoms with Gasteiger partial charge in [-0.3, -0.25) is 4.79 Å². The molecule has 0 aromatic rings. The Labute approximate surface area is 117 Å². The predicted octanol–water partition coefficient (Wildman–Crippen LogP) is 4.51. The molecule has 0 saturated heterocycles. The molecule has 3 nitrogen and oxygen atoms in total. The van der Waals surface area contributed by atoms with E-state index in [9.17, 15) is 9.59 Å². The maximum absolute atomic E-state index is 11.2. The smallest absolute Gasteiger partial charge is 0.328 e. The Balaban J connectivity index is 3.22. The van der Waals surface area contributed by atoms with E-state index in [0.717, 1.165) is 25.0 Å². The summed E-state index contributed by atoms with van der Waals surface area (Å²) < 4.78 is 0. The van der Waals surface area contributed by atoms with Crippen LogP contribution in [0.1, 0.15) is 77.6 Å². The van der Waals surface area contributed by atoms with E-state index in [0.29, 0.717) is 6.42 Å². The zero-order chi connectivity index (χ0) is 14.3. The normalized spacial score (nSPS) is 11.0. The predicted molar refractivity (Wildman–Crippen MR) is 78.2 cm³/mol. The molecule has 0 aliphatic heterocycles. The lowest BCUT2D eigenvalue weighted by Crippen LogP contribution is -1.95. The van der Waals surface area contributed by atoms with Crippen LogP contribution in [-0.4, -0.2) is 16.9 Å². The van der Waals surface area contributed by atoms with Gasteiger partial charge >= 0.3 is 5.97 Å². The van der Waals surface area contributed by atoms with Crippen LogP contribution in [0, 0.1) is 0 Å². The first-order valence-electron chi connectivity index (χ1n) is 7.60. The molecule has 0 atom stereocenters. The van der Waals surface area contributed by atoms with Crippen LogP contribution >= 0.6 is 0 Å². The van der Waals surface area contributed by atoms with Crippen molar-refractivity contribution in [2.45, 2.75) is 77.6 Å². The van der Waals surface area contributed by atoms with E-state index in [4.69, 9.17) is 5.11 Å². The Kier molecular flexibility index (Phi) is 12.5. The molecule has 0 aliphatic carbocycles. The largest absolute Gasteiger partial charge is 0.478 e. The molecule has 19 heavy (non-hydrogen) atoms. The molecule has 110 valence electrons. The number of unbranched alkanes of at least 4 members (excludes halogenated alkanes) is 9. The standard InChI is InChI=1S/C16H28O3/c1-2-3-4-5-6-7-8-9-10-11-12-15(17)13-14-16(18)19/h13-14H,2-12H2,1H3,(H,18,19)/b14-13+. The van der Waals surface area contributed by atoms with Crippen LogP contribution in [-0.2, 0) is 9.59 Å². The molecule has 0 heterocycles. The lowest BCUT2D eigenvalue weighted by atomic mass is 10.0. The van der Waals surface area contributed by atoms with Crippen LogP contribution in [0.15, 0.2) is 12.2 Å². The quantitative estimate of drug-likeness (QED) is 0.395. The molecule has 0 bridgehead atoms. The molecule has 0 radical (unpaired) electrons. The fourth-order valence-corrected chi connectivity index (χ4v) is 2.03. The van der Waals surface area contributed by atoms with Gasteiger partial charge in [0.2, 0.25) is 0 Å². The van der Waals surface area contributed by atoms with Crippen LogP contribution in [0.5, 0.6) is 0 Å². The monoisotopic (exact) mass is 268 g/mol. The second kappa shape index (κ2) is 13.3. The minimum atomic E-state index is -1.06. The van der Waals surface area contributed by atoms with E-state index in [-0.39, 0.29) is 5.78 Å². The Morgan fingerprint density at radius 1 is 0.789 bits per heavy atom. The highest BCUT2D eigenvalue weighted by Gasteiger charge is 1.98. The number of hydrogen-bond acceptors (Lipinski definition) is 2. The number of carboxylic acids is 1. The van der Waals surface area contributed by atoms with Crippen molar-refractivity contribution in [3.63, 3.8) is 0 Å². The summed E-state index contributed by atoms with van der Waals surface area (Å²) in [6.07, 6.45) is 14.9. The first-order valence-corrected chi connectivity index (χ1v) is 7.60. The van der Waals surface area contributed by atoms with Crippen LogP contribution in [0.4, 0.5) is 0 Å². The van der Waals surface area contributed by atoms with Gasteiger partial charge in [0.1, 0.15) is 0 Å². The van der Waals surface area contributed by atoms with Gasteiger partial charge in [-0.1, -0.05) is 64.7 Å². The average molecular weight is 268 g/mol. The van der Waals surface area contributed by atoms with E-state index in [1.54, 1.807) is 0 Å². The van der Waals surface area contributed by atoms with Gasteiger partial charge in [-0.25, -0.2) is 4.79 Å². The van der Waals surface area contributed by atoms with E-state index >= 15 is 0 Å². The molecule has 0 spiro atoms. The molecule has 1 N–H and O–H groups in total. The third kappa shape index (κ3) is 14.8. The molecule has 0 unspecified atom stereocenters. The molecule has 0 amide bonds. The highest BCUT2D eigenvalue weighted by atomic mass is 16.4. The van der Waals surface area contributed by atoms with Gasteiger partial charge < -0.3 is 5.11 Å². The summed E-state index contributed by atoms with van der Waals surface area (Å²) >= 11 is 0. The second-order valence-corrected chi connectivity index (χ2v) is 5.07. The van der Waals surface area contributed by atoms with Crippen molar-refractivity contribution in [1.29, 1.82) is 0 Å². The minimum absolute atomic E-state index is 0.0815. The summed E-state index contributed by atoms with van der Waals surface area (Å²) in [6.45, 7) is 2.23. The fraction of sp³-hybridized carbons (Fsp3) is 0.750. The summed E-state index contributed by atoms with van der Waals surface area (Å²) in [4.78, 5) is 21.4. The molecule has 0 aliphatic rings. The summed E-state index contributed by atoms with van der Waals surface area (Å²) in [5.41, 5.74) is 0. The van der Waals surface area contributed by atoms with Crippen LogP contribution in [0.25, 0.3) is 0 Å². The van der Waals surface area contributed by atoms with Gasteiger partial charge in [0.25, 0.3) is 0 Å². The molecule has 0 aromatic heterocycles. The van der Waals surface area contributed by atoms with Gasteiger partial charge in [0.15, 0.2) is 5.78 Å². The summed E-state index contributed by atoms with van der Waals surface area (Å²) in [5.74, 6) is -1.14. The number of aliphatic carboxylic acids is 1. The first kappa shape index (κ1) is 17.9. The van der Waals surface area contributed by atoms with Crippen molar-refractivity contribution in [1.82, 2.24) is 0 Å². The summed E-state index contributed by atoms with van der Waals surface area (Å²) in [6, 6.07) is 0. The lowest BCUT2D eigenvalue weighted by Gasteiger charge is -2.01. The third-order valence-electron chi connectivity index (χ3n) is 3.19. The van der Waals surface area contributed by atoms with Gasteiger partial charge in [-0.2, -0.15) is 0 Å². The SMILES string of the molecule is CCCCCCCCCCCCC(=O)/C=C/C(=O)O. The lowest BCUT2D eigenvalue weighted by molar-refractivity contribution is -0.131. The molecule has 0 saturated carbocycles. The van der Waals surface area contributed by atoms with E-state index < -0.39 is 5.97 Å². The van der Waals surface area contributed by atoms with Crippen LogP contribution < -0.4 is 0 Å². The molecular weight excluding hydrogens is 240 g/mol. The maximum Gasteiger partial charge on any atom is 0.328 e. The van der Waals surface area contributed by atoms with Crippen molar-refractivity contribution >= 4 is 11.8 Å². The number of carbonyl (C=O) groups excluding carboxylic acids is 1. The minimum Gasteiger partial charge on any atom is -0.478 e. The Hall–Kier alpha value is -1.12. The third-order valence-corrected chi connectivity index (χ3v) is 3.19. The Morgan fingerprint density at radius 3 is 1.74 bits per heavy atom. The number of ketones is 1. The fourth-order valence-electron chi connectivity index (χ4n) is 2.03. The highest BCUT2D eigenvalue weighted by Crippen LogP contribution is 2.11. The van der Waals surface area contributed by atoms with Gasteiger partial charge in [0, 0.05) is 12.5 Å². The molecule has 3 heteroatoms. The van der Waals surface area contributed by atoms with E-state index in [1.165, 1.54) is 51.4 Å². The van der Waals surface area contributed by atoms with E-state index in [2.05, 4.69) is 6.92 Å². The number of carbonyl (C=O) groups is 2. The highest BCUT2D eigenvalue weighted by molar-refractivity contribution is 5.95. The molecule has 0 fully saturated rings. The van der Waals surface area contributed by atoms with Crippen LogP contribution in [0.2, 0.25) is 0 Å². The zero-order valence-electron chi connectivity index (χ0n) is 12.2. The Bertz CT molecular complexity index is 269. The van der Waals surface area contributed by atoms with Crippen molar-refractivity contribution in [3.8, 4) is 0 Å². The topological polar surface area (TPSA) is 54.4 Å². The van der Waals surface area contributed by atoms with E-state index in [1.807, 2.05) is 0 Å². The number of hydrogen-bond donors (Lipinski definition) is 1. The number of carboxylic acid groups (broad SMARTS) is 1. The molecule has 0 aromatic carbocycles. The van der Waals surface area contributed by atoms with Gasteiger partial charge in [-0.15, -0.1) is 0 Å². The van der Waals surface area contributed by atoms with Gasteiger partial charge in [0.05, 0.1) is 0 Å². The number of allylic oxidation sites excluding steroid dienone is 1. The average Bonchev–Trinajstić information content (AvgIpc) is 2.38. The summed E-state index contributed by atoms with van der Waals surface area (Å²) in [7, 11) is 0. The van der Waals surface area contributed by atoms with Crippen molar-refractivity contribution in [3.05, 3.63) is 12.2 Å². The van der Waals surface area contributed by atoms with Gasteiger partial charge in [-0.05, 0) is 12.5 Å². The maximum atomic E-state index is 11.2. The van der Waals surface area contributed by atoms with Crippen LogP contribution in [0.3, 0.4) is 0 Å². The van der Waals surface area contributed by atoms with Crippen molar-refractivity contribution in [2.75, 3.05) is 0 Å². The first-order chi connectivity index (χ1) is 9.16.